The smallest absolute Gasteiger partial charge is 0.207 e. The van der Waals surface area contributed by atoms with Crippen LogP contribution in [-0.2, 0) is 10.0 Å². The summed E-state index contributed by atoms with van der Waals surface area (Å²) in [5.74, 6) is 0.346. The molecule has 0 unspecified atom stereocenters. The van der Waals surface area contributed by atoms with Gasteiger partial charge in [-0.15, -0.1) is 0 Å². The Kier molecular flexibility index (Phi) is 4.59. The topological polar surface area (TPSA) is 46.2 Å². The highest BCUT2D eigenvalue weighted by atomic mass is 79.9. The molecule has 1 saturated carbocycles. The predicted molar refractivity (Wildman–Crippen MR) is 91.4 cm³/mol. The monoisotopic (exact) mass is 399 g/mol. The van der Waals surface area contributed by atoms with E-state index >= 15 is 0 Å². The van der Waals surface area contributed by atoms with Crippen molar-refractivity contribution in [2.45, 2.75) is 23.8 Å². The van der Waals surface area contributed by atoms with Gasteiger partial charge in [-0.2, -0.15) is 0 Å². The molecule has 2 aromatic carbocycles. The molecule has 22 heavy (non-hydrogen) atoms. The summed E-state index contributed by atoms with van der Waals surface area (Å²) >= 11 is 9.22. The maximum Gasteiger partial charge on any atom is 0.242 e. The molecule has 0 radical (unpaired) electrons. The summed E-state index contributed by atoms with van der Waals surface area (Å²) in [5, 5.41) is 0.645. The summed E-state index contributed by atoms with van der Waals surface area (Å²) in [4.78, 5) is 0.259. The first kappa shape index (κ1) is 16.0. The summed E-state index contributed by atoms with van der Waals surface area (Å²) in [5.41, 5.74) is 0.947. The van der Waals surface area contributed by atoms with E-state index in [1.165, 1.54) is 0 Å². The van der Waals surface area contributed by atoms with Gasteiger partial charge in [0, 0.05) is 15.5 Å². The first-order valence-electron chi connectivity index (χ1n) is 7.00. The maximum absolute atomic E-state index is 12.7. The van der Waals surface area contributed by atoms with Crippen molar-refractivity contribution in [3.05, 3.63) is 63.6 Å². The van der Waals surface area contributed by atoms with Crippen molar-refractivity contribution in [1.29, 1.82) is 0 Å². The predicted octanol–water partition coefficient (Wildman–Crippen LogP) is 4.53. The molecule has 1 fully saturated rings. The number of rotatable bonds is 5. The standard InChI is InChI=1S/C16H15BrClNO2S/c17-14-3-1-2-4-15(14)22(20,21)19-16(11-5-6-11)12-7-9-13(18)10-8-12/h1-4,7-11,16,19H,5-6H2/t16-/m1/s1. The third kappa shape index (κ3) is 3.54. The molecule has 3 nitrogen and oxygen atoms in total. The number of hydrogen-bond donors (Lipinski definition) is 1. The van der Waals surface area contributed by atoms with Gasteiger partial charge in [0.15, 0.2) is 0 Å². The average molecular weight is 401 g/mol. The van der Waals surface area contributed by atoms with Crippen LogP contribution < -0.4 is 4.72 Å². The second-order valence-electron chi connectivity index (χ2n) is 5.42. The van der Waals surface area contributed by atoms with E-state index in [1.807, 2.05) is 12.1 Å². The minimum atomic E-state index is -3.58. The SMILES string of the molecule is O=S(=O)(N[C@@H](c1ccc(Cl)cc1)C1CC1)c1ccccc1Br. The molecule has 1 aliphatic rings. The van der Waals surface area contributed by atoms with Crippen LogP contribution in [0.4, 0.5) is 0 Å². The molecule has 1 N–H and O–H groups in total. The highest BCUT2D eigenvalue weighted by molar-refractivity contribution is 9.10. The zero-order valence-corrected chi connectivity index (χ0v) is 14.8. The number of nitrogens with one attached hydrogen (secondary N) is 1. The molecule has 0 saturated heterocycles. The average Bonchev–Trinajstić information content (AvgIpc) is 3.31. The Bertz CT molecular complexity index is 773. The molecule has 0 spiro atoms. The fourth-order valence-corrected chi connectivity index (χ4v) is 4.85. The second kappa shape index (κ2) is 6.32. The van der Waals surface area contributed by atoms with Crippen molar-refractivity contribution in [3.8, 4) is 0 Å². The Morgan fingerprint density at radius 1 is 1.09 bits per heavy atom. The molecular weight excluding hydrogens is 386 g/mol. The van der Waals surface area contributed by atoms with Crippen molar-refractivity contribution >= 4 is 37.6 Å². The minimum Gasteiger partial charge on any atom is -0.207 e. The molecule has 1 aliphatic carbocycles. The van der Waals surface area contributed by atoms with Crippen LogP contribution in [0.15, 0.2) is 57.9 Å². The zero-order chi connectivity index (χ0) is 15.7. The normalized spacial score (nSPS) is 16.5. The molecule has 0 heterocycles. The molecular formula is C16H15BrClNO2S. The zero-order valence-electron chi connectivity index (χ0n) is 11.7. The summed E-state index contributed by atoms with van der Waals surface area (Å²) < 4.78 is 28.7. The molecule has 6 heteroatoms. The molecule has 0 aliphatic heterocycles. The van der Waals surface area contributed by atoms with E-state index in [-0.39, 0.29) is 10.9 Å². The van der Waals surface area contributed by atoms with Crippen LogP contribution in [0.3, 0.4) is 0 Å². The van der Waals surface area contributed by atoms with Crippen LogP contribution in [0.5, 0.6) is 0 Å². The molecule has 0 aromatic heterocycles. The largest absolute Gasteiger partial charge is 0.242 e. The van der Waals surface area contributed by atoms with Crippen molar-refractivity contribution in [3.63, 3.8) is 0 Å². The van der Waals surface area contributed by atoms with Crippen LogP contribution in [0.25, 0.3) is 0 Å². The molecule has 0 amide bonds. The highest BCUT2D eigenvalue weighted by Gasteiger charge is 2.35. The first-order chi connectivity index (χ1) is 10.5. The van der Waals surface area contributed by atoms with Crippen molar-refractivity contribution in [2.24, 2.45) is 5.92 Å². The van der Waals surface area contributed by atoms with E-state index in [4.69, 9.17) is 11.6 Å². The fraction of sp³-hybridized carbons (Fsp3) is 0.250. The lowest BCUT2D eigenvalue weighted by Crippen LogP contribution is -2.30. The van der Waals surface area contributed by atoms with E-state index in [2.05, 4.69) is 20.7 Å². The van der Waals surface area contributed by atoms with E-state index in [0.29, 0.717) is 15.4 Å². The Labute approximate surface area is 143 Å². The summed E-state index contributed by atoms with van der Waals surface area (Å²) in [6.45, 7) is 0. The van der Waals surface area contributed by atoms with Crippen LogP contribution in [0.1, 0.15) is 24.4 Å². The van der Waals surface area contributed by atoms with Gasteiger partial charge < -0.3 is 0 Å². The van der Waals surface area contributed by atoms with Crippen molar-refractivity contribution < 1.29 is 8.42 Å². The Morgan fingerprint density at radius 3 is 2.32 bits per heavy atom. The lowest BCUT2D eigenvalue weighted by molar-refractivity contribution is 0.528. The Hall–Kier alpha value is -0.880. The van der Waals surface area contributed by atoms with E-state index in [0.717, 1.165) is 18.4 Å². The first-order valence-corrected chi connectivity index (χ1v) is 9.65. The lowest BCUT2D eigenvalue weighted by Gasteiger charge is -2.19. The van der Waals surface area contributed by atoms with Crippen molar-refractivity contribution in [1.82, 2.24) is 4.72 Å². The Morgan fingerprint density at radius 2 is 1.73 bits per heavy atom. The van der Waals surface area contributed by atoms with Gasteiger partial charge in [-0.3, -0.25) is 0 Å². The molecule has 0 bridgehead atoms. The molecule has 116 valence electrons. The fourth-order valence-electron chi connectivity index (χ4n) is 2.43. The number of benzene rings is 2. The number of sulfonamides is 1. The van der Waals surface area contributed by atoms with Gasteiger partial charge in [0.25, 0.3) is 0 Å². The van der Waals surface area contributed by atoms with Crippen LogP contribution in [0.2, 0.25) is 5.02 Å². The van der Waals surface area contributed by atoms with Gasteiger partial charge in [0.05, 0.1) is 4.90 Å². The highest BCUT2D eigenvalue weighted by Crippen LogP contribution is 2.42. The van der Waals surface area contributed by atoms with Crippen LogP contribution >= 0.6 is 27.5 Å². The van der Waals surface area contributed by atoms with Crippen molar-refractivity contribution in [2.75, 3.05) is 0 Å². The molecule has 2 aromatic rings. The van der Waals surface area contributed by atoms with Gasteiger partial charge in [0.1, 0.15) is 0 Å². The van der Waals surface area contributed by atoms with E-state index < -0.39 is 10.0 Å². The minimum absolute atomic E-state index is 0.214. The van der Waals surface area contributed by atoms with Gasteiger partial charge in [-0.05, 0) is 64.5 Å². The van der Waals surface area contributed by atoms with Gasteiger partial charge in [-0.25, -0.2) is 13.1 Å². The summed E-state index contributed by atoms with van der Waals surface area (Å²) in [7, 11) is -3.58. The van der Waals surface area contributed by atoms with Gasteiger partial charge >= 0.3 is 0 Å². The van der Waals surface area contributed by atoms with Gasteiger partial charge in [0.2, 0.25) is 10.0 Å². The second-order valence-corrected chi connectivity index (χ2v) is 8.39. The molecule has 1 atom stereocenters. The Balaban J connectivity index is 1.91. The van der Waals surface area contributed by atoms with Crippen LogP contribution in [-0.4, -0.2) is 8.42 Å². The summed E-state index contributed by atoms with van der Waals surface area (Å²) in [6.07, 6.45) is 2.07. The van der Waals surface area contributed by atoms with E-state index in [1.54, 1.807) is 36.4 Å². The van der Waals surface area contributed by atoms with Crippen LogP contribution in [0, 0.1) is 5.92 Å². The lowest BCUT2D eigenvalue weighted by atomic mass is 10.0. The third-order valence-corrected chi connectivity index (χ3v) is 6.44. The quantitative estimate of drug-likeness (QED) is 0.801. The summed E-state index contributed by atoms with van der Waals surface area (Å²) in [6, 6.07) is 14.0. The number of halogens is 2. The number of hydrogen-bond acceptors (Lipinski definition) is 2. The van der Waals surface area contributed by atoms with Gasteiger partial charge in [-0.1, -0.05) is 35.9 Å². The third-order valence-electron chi connectivity index (χ3n) is 3.73. The maximum atomic E-state index is 12.7. The van der Waals surface area contributed by atoms with E-state index in [9.17, 15) is 8.42 Å². The molecule has 3 rings (SSSR count).